The summed E-state index contributed by atoms with van der Waals surface area (Å²) >= 11 is 9.90. The summed E-state index contributed by atoms with van der Waals surface area (Å²) in [6.07, 6.45) is 2.69. The zero-order valence-corrected chi connectivity index (χ0v) is 13.0. The topological polar surface area (TPSA) is 12.5 Å². The minimum absolute atomic E-state index is 0.351. The van der Waals surface area contributed by atoms with Gasteiger partial charge < -0.3 is 9.64 Å². The van der Waals surface area contributed by atoms with E-state index in [1.807, 2.05) is 12.1 Å². The van der Waals surface area contributed by atoms with Crippen molar-refractivity contribution >= 4 is 33.2 Å². The van der Waals surface area contributed by atoms with Gasteiger partial charge in [-0.25, -0.2) is 0 Å². The number of anilines is 1. The second-order valence-electron chi connectivity index (χ2n) is 4.55. The van der Waals surface area contributed by atoms with E-state index in [2.05, 4.69) is 33.8 Å². The SMILES string of the molecule is CCN(CC1CCCO1)c1c(Cl)cccc1CBr. The normalized spacial score (nSPS) is 19.2. The number of alkyl halides is 1. The van der Waals surface area contributed by atoms with Crippen LogP contribution in [0, 0.1) is 0 Å². The molecule has 0 amide bonds. The Balaban J connectivity index is 2.20. The molecule has 18 heavy (non-hydrogen) atoms. The molecule has 2 nitrogen and oxygen atoms in total. The van der Waals surface area contributed by atoms with Gasteiger partial charge in [0.05, 0.1) is 16.8 Å². The largest absolute Gasteiger partial charge is 0.376 e. The summed E-state index contributed by atoms with van der Waals surface area (Å²) in [7, 11) is 0. The number of nitrogens with zero attached hydrogens (tertiary/aromatic N) is 1. The Morgan fingerprint density at radius 2 is 2.33 bits per heavy atom. The molecule has 1 aliphatic heterocycles. The highest BCUT2D eigenvalue weighted by Crippen LogP contribution is 2.32. The van der Waals surface area contributed by atoms with Gasteiger partial charge in [-0.05, 0) is 31.4 Å². The zero-order chi connectivity index (χ0) is 13.0. The number of rotatable bonds is 5. The summed E-state index contributed by atoms with van der Waals surface area (Å²) in [4.78, 5) is 2.33. The van der Waals surface area contributed by atoms with Crippen LogP contribution in [0.1, 0.15) is 25.3 Å². The minimum atomic E-state index is 0.351. The fraction of sp³-hybridized carbons (Fsp3) is 0.571. The first-order chi connectivity index (χ1) is 8.76. The first kappa shape index (κ1) is 14.2. The maximum atomic E-state index is 6.36. The number of halogens is 2. The van der Waals surface area contributed by atoms with E-state index in [-0.39, 0.29) is 0 Å². The van der Waals surface area contributed by atoms with Crippen LogP contribution in [0.5, 0.6) is 0 Å². The van der Waals surface area contributed by atoms with Crippen LogP contribution >= 0.6 is 27.5 Å². The number of benzene rings is 1. The fourth-order valence-corrected chi connectivity index (χ4v) is 3.20. The molecule has 2 rings (SSSR count). The third kappa shape index (κ3) is 3.19. The zero-order valence-electron chi connectivity index (χ0n) is 10.7. The molecule has 1 fully saturated rings. The van der Waals surface area contributed by atoms with Crippen LogP contribution in [0.3, 0.4) is 0 Å². The van der Waals surface area contributed by atoms with Crippen molar-refractivity contribution < 1.29 is 4.74 Å². The van der Waals surface area contributed by atoms with Crippen LogP contribution in [0.2, 0.25) is 5.02 Å². The highest BCUT2D eigenvalue weighted by molar-refractivity contribution is 9.08. The number of para-hydroxylation sites is 1. The molecule has 1 saturated heterocycles. The van der Waals surface area contributed by atoms with Crippen LogP contribution in [-0.4, -0.2) is 25.8 Å². The van der Waals surface area contributed by atoms with Crippen molar-refractivity contribution in [3.8, 4) is 0 Å². The minimum Gasteiger partial charge on any atom is -0.376 e. The Hall–Kier alpha value is -0.250. The van der Waals surface area contributed by atoms with E-state index >= 15 is 0 Å². The molecule has 0 aliphatic carbocycles. The molecule has 1 unspecified atom stereocenters. The van der Waals surface area contributed by atoms with Gasteiger partial charge in [-0.3, -0.25) is 0 Å². The van der Waals surface area contributed by atoms with Crippen molar-refractivity contribution in [2.24, 2.45) is 0 Å². The number of likely N-dealkylation sites (N-methyl/N-ethyl adjacent to an activating group) is 1. The Kier molecular flexibility index (Phi) is 5.34. The molecule has 0 saturated carbocycles. The van der Waals surface area contributed by atoms with Gasteiger partial charge in [0.1, 0.15) is 0 Å². The molecular formula is C14H19BrClNO. The first-order valence-electron chi connectivity index (χ1n) is 6.46. The third-order valence-electron chi connectivity index (χ3n) is 3.36. The Morgan fingerprint density at radius 3 is 2.94 bits per heavy atom. The standard InChI is InChI=1S/C14H19BrClNO/c1-2-17(10-12-6-4-8-18-12)14-11(9-15)5-3-7-13(14)16/h3,5,7,12H,2,4,6,8-10H2,1H3. The molecule has 1 aromatic carbocycles. The summed E-state index contributed by atoms with van der Waals surface area (Å²) in [5.74, 6) is 0. The van der Waals surface area contributed by atoms with Crippen molar-refractivity contribution in [1.82, 2.24) is 0 Å². The lowest BCUT2D eigenvalue weighted by atomic mass is 10.1. The molecular weight excluding hydrogens is 314 g/mol. The summed E-state index contributed by atoms with van der Waals surface area (Å²) in [6, 6.07) is 6.08. The van der Waals surface area contributed by atoms with E-state index in [1.165, 1.54) is 12.0 Å². The van der Waals surface area contributed by atoms with Gasteiger partial charge in [0, 0.05) is 25.0 Å². The van der Waals surface area contributed by atoms with Gasteiger partial charge in [-0.15, -0.1) is 0 Å². The summed E-state index contributed by atoms with van der Waals surface area (Å²) in [6.45, 7) is 4.94. The lowest BCUT2D eigenvalue weighted by molar-refractivity contribution is 0.115. The molecule has 0 aromatic heterocycles. The Bertz CT molecular complexity index is 393. The molecule has 0 N–H and O–H groups in total. The summed E-state index contributed by atoms with van der Waals surface area (Å²) < 4.78 is 5.72. The molecule has 1 heterocycles. The van der Waals surface area contributed by atoms with Gasteiger partial charge in [-0.1, -0.05) is 39.7 Å². The number of hydrogen-bond donors (Lipinski definition) is 0. The Morgan fingerprint density at radius 1 is 1.50 bits per heavy atom. The smallest absolute Gasteiger partial charge is 0.0750 e. The monoisotopic (exact) mass is 331 g/mol. The van der Waals surface area contributed by atoms with Crippen LogP contribution in [0.4, 0.5) is 5.69 Å². The van der Waals surface area contributed by atoms with Crippen molar-refractivity contribution in [3.05, 3.63) is 28.8 Å². The van der Waals surface area contributed by atoms with E-state index < -0.39 is 0 Å². The van der Waals surface area contributed by atoms with E-state index in [0.29, 0.717) is 6.10 Å². The average molecular weight is 333 g/mol. The Labute approximate surface area is 122 Å². The van der Waals surface area contributed by atoms with E-state index in [4.69, 9.17) is 16.3 Å². The predicted molar refractivity (Wildman–Crippen MR) is 80.9 cm³/mol. The second kappa shape index (κ2) is 6.78. The fourth-order valence-electron chi connectivity index (χ4n) is 2.43. The van der Waals surface area contributed by atoms with Crippen LogP contribution < -0.4 is 4.90 Å². The lowest BCUT2D eigenvalue weighted by Crippen LogP contribution is -2.32. The maximum absolute atomic E-state index is 6.36. The van der Waals surface area contributed by atoms with Crippen LogP contribution in [0.25, 0.3) is 0 Å². The second-order valence-corrected chi connectivity index (χ2v) is 5.52. The summed E-state index contributed by atoms with van der Waals surface area (Å²) in [5.41, 5.74) is 2.39. The quantitative estimate of drug-likeness (QED) is 0.748. The van der Waals surface area contributed by atoms with Gasteiger partial charge in [0.15, 0.2) is 0 Å². The molecule has 4 heteroatoms. The molecule has 1 aromatic rings. The van der Waals surface area contributed by atoms with Crippen molar-refractivity contribution in [2.45, 2.75) is 31.2 Å². The molecule has 100 valence electrons. The van der Waals surface area contributed by atoms with Gasteiger partial charge in [-0.2, -0.15) is 0 Å². The van der Waals surface area contributed by atoms with Crippen molar-refractivity contribution in [1.29, 1.82) is 0 Å². The van der Waals surface area contributed by atoms with Crippen LogP contribution in [0.15, 0.2) is 18.2 Å². The molecule has 1 atom stereocenters. The van der Waals surface area contributed by atoms with E-state index in [0.717, 1.165) is 42.2 Å². The average Bonchev–Trinajstić information content (AvgIpc) is 2.89. The third-order valence-corrected chi connectivity index (χ3v) is 4.27. The molecule has 0 bridgehead atoms. The predicted octanol–water partition coefficient (Wildman–Crippen LogP) is 4.24. The van der Waals surface area contributed by atoms with Gasteiger partial charge in [0.25, 0.3) is 0 Å². The number of hydrogen-bond acceptors (Lipinski definition) is 2. The van der Waals surface area contributed by atoms with Gasteiger partial charge >= 0.3 is 0 Å². The van der Waals surface area contributed by atoms with Gasteiger partial charge in [0.2, 0.25) is 0 Å². The maximum Gasteiger partial charge on any atom is 0.0750 e. The van der Waals surface area contributed by atoms with Crippen molar-refractivity contribution in [2.75, 3.05) is 24.6 Å². The molecule has 0 spiro atoms. The van der Waals surface area contributed by atoms with Crippen molar-refractivity contribution in [3.63, 3.8) is 0 Å². The molecule has 1 aliphatic rings. The lowest BCUT2D eigenvalue weighted by Gasteiger charge is -2.28. The molecule has 0 radical (unpaired) electrons. The summed E-state index contributed by atoms with van der Waals surface area (Å²) in [5, 5.41) is 1.65. The highest BCUT2D eigenvalue weighted by Gasteiger charge is 2.21. The first-order valence-corrected chi connectivity index (χ1v) is 7.96. The van der Waals surface area contributed by atoms with E-state index in [1.54, 1.807) is 0 Å². The van der Waals surface area contributed by atoms with E-state index in [9.17, 15) is 0 Å². The highest BCUT2D eigenvalue weighted by atomic mass is 79.9. The van der Waals surface area contributed by atoms with Crippen LogP contribution in [-0.2, 0) is 10.1 Å². The number of ether oxygens (including phenoxy) is 1.